The second kappa shape index (κ2) is 9.51. The predicted octanol–water partition coefficient (Wildman–Crippen LogP) is 4.97. The molecule has 2 aromatic heterocycles. The average molecular weight is 473 g/mol. The number of benzene rings is 2. The third-order valence-corrected chi connectivity index (χ3v) is 6.26. The van der Waals surface area contributed by atoms with Crippen LogP contribution in [-0.4, -0.2) is 22.0 Å². The van der Waals surface area contributed by atoms with Crippen molar-refractivity contribution in [3.63, 3.8) is 0 Å². The number of thiophene rings is 1. The van der Waals surface area contributed by atoms with Crippen LogP contribution in [-0.2, 0) is 29.0 Å². The fourth-order valence-corrected chi connectivity index (χ4v) is 4.38. The van der Waals surface area contributed by atoms with Gasteiger partial charge in [0, 0.05) is 21.5 Å². The summed E-state index contributed by atoms with van der Waals surface area (Å²) in [5, 5.41) is 14.8. The zero-order chi connectivity index (χ0) is 21.8. The molecule has 0 fully saturated rings. The number of nitrogens with one attached hydrogen (secondary N) is 3. The van der Waals surface area contributed by atoms with Gasteiger partial charge in [0.1, 0.15) is 10.6 Å². The molecule has 4 rings (SSSR count). The first-order valence-corrected chi connectivity index (χ1v) is 11.1. The van der Waals surface area contributed by atoms with Gasteiger partial charge in [0.2, 0.25) is 11.8 Å². The Bertz CT molecular complexity index is 1230. The Morgan fingerprint density at radius 2 is 1.77 bits per heavy atom. The van der Waals surface area contributed by atoms with E-state index >= 15 is 0 Å². The Morgan fingerprint density at radius 3 is 2.55 bits per heavy atom. The molecule has 3 N–H and O–H groups in total. The first-order chi connectivity index (χ1) is 15.0. The van der Waals surface area contributed by atoms with Gasteiger partial charge in [-0.3, -0.25) is 14.7 Å². The highest BCUT2D eigenvalue weighted by molar-refractivity contribution is 7.18. The minimum absolute atomic E-state index is 0.0906. The van der Waals surface area contributed by atoms with E-state index in [4.69, 9.17) is 23.2 Å². The molecule has 0 aliphatic heterocycles. The lowest BCUT2D eigenvalue weighted by Crippen LogP contribution is -2.24. The van der Waals surface area contributed by atoms with Gasteiger partial charge in [0.05, 0.1) is 18.2 Å². The lowest BCUT2D eigenvalue weighted by molar-refractivity contribution is -0.120. The first-order valence-electron chi connectivity index (χ1n) is 9.49. The third kappa shape index (κ3) is 5.44. The summed E-state index contributed by atoms with van der Waals surface area (Å²) in [6.07, 6.45) is 0.395. The lowest BCUT2D eigenvalue weighted by Gasteiger charge is -2.05. The van der Waals surface area contributed by atoms with E-state index in [0.29, 0.717) is 22.4 Å². The van der Waals surface area contributed by atoms with E-state index in [1.165, 1.54) is 11.3 Å². The number of amides is 2. The molecule has 0 saturated carbocycles. The van der Waals surface area contributed by atoms with Gasteiger partial charge in [-0.25, -0.2) is 0 Å². The van der Waals surface area contributed by atoms with E-state index < -0.39 is 0 Å². The van der Waals surface area contributed by atoms with Crippen LogP contribution < -0.4 is 10.6 Å². The highest BCUT2D eigenvalue weighted by Gasteiger charge is 2.15. The van der Waals surface area contributed by atoms with Crippen molar-refractivity contribution in [2.45, 2.75) is 19.4 Å². The zero-order valence-corrected chi connectivity index (χ0v) is 18.6. The minimum Gasteiger partial charge on any atom is -0.352 e. The Kier molecular flexibility index (Phi) is 6.56. The molecule has 0 spiro atoms. The highest BCUT2D eigenvalue weighted by Crippen LogP contribution is 2.29. The molecule has 0 aliphatic rings. The summed E-state index contributed by atoms with van der Waals surface area (Å²) in [6.45, 7) is 0.433. The minimum atomic E-state index is -0.202. The molecule has 0 unspecified atom stereocenters. The molecule has 0 bridgehead atoms. The van der Waals surface area contributed by atoms with Crippen LogP contribution >= 0.6 is 34.5 Å². The molecular weight excluding hydrogens is 455 g/mol. The van der Waals surface area contributed by atoms with Crippen molar-refractivity contribution in [1.82, 2.24) is 15.5 Å². The summed E-state index contributed by atoms with van der Waals surface area (Å²) in [7, 11) is 0. The number of aromatic nitrogens is 2. The number of hydrogen-bond donors (Lipinski definition) is 3. The molecule has 2 aromatic carbocycles. The average Bonchev–Trinajstić information content (AvgIpc) is 3.30. The highest BCUT2D eigenvalue weighted by atomic mass is 35.5. The number of carbonyl (C=O) groups is 2. The van der Waals surface area contributed by atoms with Gasteiger partial charge in [0.15, 0.2) is 0 Å². The number of rotatable bonds is 7. The van der Waals surface area contributed by atoms with E-state index in [1.807, 2.05) is 36.4 Å². The van der Waals surface area contributed by atoms with Gasteiger partial charge < -0.3 is 10.6 Å². The molecule has 2 heterocycles. The fourth-order valence-electron chi connectivity index (χ4n) is 3.06. The van der Waals surface area contributed by atoms with Crippen molar-refractivity contribution in [2.75, 3.05) is 5.32 Å². The SMILES string of the molecule is O=C(Cc1cc2c(NC(=O)Cc3ccccc3Cl)[nH]nc2s1)NCc1ccc(Cl)cc1. The molecule has 4 aromatic rings. The maximum Gasteiger partial charge on any atom is 0.230 e. The summed E-state index contributed by atoms with van der Waals surface area (Å²) in [5.41, 5.74) is 1.73. The number of anilines is 1. The van der Waals surface area contributed by atoms with Gasteiger partial charge in [-0.2, -0.15) is 5.10 Å². The third-order valence-electron chi connectivity index (χ3n) is 4.61. The van der Waals surface area contributed by atoms with Crippen molar-refractivity contribution >= 4 is 62.4 Å². The number of carbonyl (C=O) groups excluding carboxylic acids is 2. The van der Waals surface area contributed by atoms with Crippen LogP contribution in [0.3, 0.4) is 0 Å². The van der Waals surface area contributed by atoms with Crippen LogP contribution in [0, 0.1) is 0 Å². The topological polar surface area (TPSA) is 86.9 Å². The maximum absolute atomic E-state index is 12.4. The molecule has 2 amide bonds. The monoisotopic (exact) mass is 472 g/mol. The van der Waals surface area contributed by atoms with E-state index in [2.05, 4.69) is 20.8 Å². The first kappa shape index (κ1) is 21.4. The van der Waals surface area contributed by atoms with Crippen molar-refractivity contribution in [2.24, 2.45) is 0 Å². The predicted molar refractivity (Wildman–Crippen MR) is 125 cm³/mol. The van der Waals surface area contributed by atoms with E-state index in [0.717, 1.165) is 26.2 Å². The summed E-state index contributed by atoms with van der Waals surface area (Å²) >= 11 is 13.4. The Morgan fingerprint density at radius 1 is 1.00 bits per heavy atom. The molecular formula is C22H18Cl2N4O2S. The molecule has 0 aliphatic carbocycles. The van der Waals surface area contributed by atoms with Crippen LogP contribution in [0.15, 0.2) is 54.6 Å². The van der Waals surface area contributed by atoms with Crippen LogP contribution in [0.5, 0.6) is 0 Å². The quantitative estimate of drug-likeness (QED) is 0.354. The fraction of sp³-hybridized carbons (Fsp3) is 0.136. The molecule has 0 radical (unpaired) electrons. The summed E-state index contributed by atoms with van der Waals surface area (Å²) < 4.78 is 0. The van der Waals surface area contributed by atoms with Gasteiger partial charge in [-0.05, 0) is 35.4 Å². The van der Waals surface area contributed by atoms with E-state index in [-0.39, 0.29) is 24.7 Å². The number of hydrogen-bond acceptors (Lipinski definition) is 4. The Labute approximate surface area is 192 Å². The lowest BCUT2D eigenvalue weighted by atomic mass is 10.1. The Balaban J connectivity index is 1.36. The zero-order valence-electron chi connectivity index (χ0n) is 16.2. The van der Waals surface area contributed by atoms with Crippen LogP contribution in [0.25, 0.3) is 10.2 Å². The number of nitrogens with zero attached hydrogens (tertiary/aromatic N) is 1. The molecule has 9 heteroatoms. The largest absolute Gasteiger partial charge is 0.352 e. The Hall–Kier alpha value is -2.87. The molecule has 6 nitrogen and oxygen atoms in total. The molecule has 31 heavy (non-hydrogen) atoms. The van der Waals surface area contributed by atoms with Crippen molar-refractivity contribution in [3.05, 3.63) is 80.6 Å². The number of fused-ring (bicyclic) bond motifs is 1. The van der Waals surface area contributed by atoms with Crippen LogP contribution in [0.1, 0.15) is 16.0 Å². The second-order valence-corrected chi connectivity index (χ2v) is 8.89. The number of halogens is 2. The van der Waals surface area contributed by atoms with E-state index in [9.17, 15) is 9.59 Å². The van der Waals surface area contributed by atoms with Gasteiger partial charge >= 0.3 is 0 Å². The molecule has 0 saturated heterocycles. The van der Waals surface area contributed by atoms with Crippen molar-refractivity contribution < 1.29 is 9.59 Å². The summed E-state index contributed by atoms with van der Waals surface area (Å²) in [6, 6.07) is 16.4. The van der Waals surface area contributed by atoms with Gasteiger partial charge in [0.25, 0.3) is 0 Å². The summed E-state index contributed by atoms with van der Waals surface area (Å²) in [5.74, 6) is 0.218. The number of aromatic amines is 1. The van der Waals surface area contributed by atoms with Gasteiger partial charge in [-0.1, -0.05) is 53.5 Å². The van der Waals surface area contributed by atoms with Crippen molar-refractivity contribution in [3.8, 4) is 0 Å². The number of H-pyrrole nitrogens is 1. The molecule has 0 atom stereocenters. The smallest absolute Gasteiger partial charge is 0.230 e. The van der Waals surface area contributed by atoms with Crippen molar-refractivity contribution in [1.29, 1.82) is 0 Å². The molecule has 158 valence electrons. The van der Waals surface area contributed by atoms with E-state index in [1.54, 1.807) is 18.2 Å². The standard InChI is InChI=1S/C22H18Cl2N4O2S/c23-15-7-5-13(6-8-15)12-25-19(29)11-16-10-17-21(27-28-22(17)31-16)26-20(30)9-14-3-1-2-4-18(14)24/h1-8,10H,9,11-12H2,(H,25,29)(H2,26,27,28,30). The normalized spacial score (nSPS) is 10.9. The van der Waals surface area contributed by atoms with Gasteiger partial charge in [-0.15, -0.1) is 11.3 Å². The second-order valence-electron chi connectivity index (χ2n) is 6.93. The summed E-state index contributed by atoms with van der Waals surface area (Å²) in [4.78, 5) is 26.3. The maximum atomic E-state index is 12.4. The van der Waals surface area contributed by atoms with Crippen LogP contribution in [0.2, 0.25) is 10.0 Å². The van der Waals surface area contributed by atoms with Crippen LogP contribution in [0.4, 0.5) is 5.82 Å².